The maximum Gasteiger partial charge on any atom is 0.306 e. The highest BCUT2D eigenvalue weighted by molar-refractivity contribution is 5.70. The summed E-state index contributed by atoms with van der Waals surface area (Å²) < 4.78 is 5.11. The molecule has 4 nitrogen and oxygen atoms in total. The number of nitrogens with one attached hydrogen (secondary N) is 1. The lowest BCUT2D eigenvalue weighted by Crippen LogP contribution is -2.25. The Morgan fingerprint density at radius 2 is 1.89 bits per heavy atom. The van der Waals surface area contributed by atoms with Crippen LogP contribution < -0.4 is 10.1 Å². The molecule has 0 heterocycles. The molecule has 1 aliphatic rings. The number of benzene rings is 1. The molecule has 104 valence electrons. The third-order valence-corrected chi connectivity index (χ3v) is 3.88. The molecule has 1 saturated carbocycles. The molecule has 2 rings (SSSR count). The van der Waals surface area contributed by atoms with E-state index in [1.54, 1.807) is 7.11 Å². The van der Waals surface area contributed by atoms with Gasteiger partial charge in [-0.2, -0.15) is 0 Å². The van der Waals surface area contributed by atoms with E-state index in [0.29, 0.717) is 5.92 Å². The van der Waals surface area contributed by atoms with Gasteiger partial charge in [-0.1, -0.05) is 0 Å². The molecule has 1 aromatic carbocycles. The molecule has 0 spiro atoms. The lowest BCUT2D eigenvalue weighted by atomic mass is 9.82. The van der Waals surface area contributed by atoms with Gasteiger partial charge in [0.2, 0.25) is 0 Å². The van der Waals surface area contributed by atoms with E-state index in [-0.39, 0.29) is 5.92 Å². The van der Waals surface area contributed by atoms with Gasteiger partial charge in [-0.25, -0.2) is 0 Å². The summed E-state index contributed by atoms with van der Waals surface area (Å²) in [6.07, 6.45) is 3.62. The molecule has 2 N–H and O–H groups in total. The first kappa shape index (κ1) is 13.7. The Bertz CT molecular complexity index is 408. The smallest absolute Gasteiger partial charge is 0.306 e. The first-order chi connectivity index (χ1) is 9.19. The van der Waals surface area contributed by atoms with Crippen LogP contribution in [0.1, 0.15) is 25.7 Å². The van der Waals surface area contributed by atoms with Crippen molar-refractivity contribution >= 4 is 11.7 Å². The molecule has 4 heteroatoms. The van der Waals surface area contributed by atoms with Gasteiger partial charge in [-0.15, -0.1) is 0 Å². The molecular weight excluding hydrogens is 242 g/mol. The van der Waals surface area contributed by atoms with Crippen LogP contribution in [0, 0.1) is 11.8 Å². The summed E-state index contributed by atoms with van der Waals surface area (Å²) in [6.45, 7) is 0.915. The quantitative estimate of drug-likeness (QED) is 0.857. The predicted octanol–water partition coefficient (Wildman–Crippen LogP) is 3.00. The average molecular weight is 263 g/mol. The number of methoxy groups -OCH3 is 1. The number of rotatable bonds is 5. The number of carboxylic acids is 1. The summed E-state index contributed by atoms with van der Waals surface area (Å²) in [5.74, 6) is 0.670. The molecule has 1 fully saturated rings. The highest BCUT2D eigenvalue weighted by Gasteiger charge is 2.25. The fraction of sp³-hybridized carbons (Fsp3) is 0.533. The summed E-state index contributed by atoms with van der Waals surface area (Å²) in [5, 5.41) is 12.4. The first-order valence-electron chi connectivity index (χ1n) is 6.79. The SMILES string of the molecule is COc1ccc(NC[C@H]2CC[C@H](C(=O)O)CC2)cc1. The van der Waals surface area contributed by atoms with Crippen molar-refractivity contribution in [3.05, 3.63) is 24.3 Å². The van der Waals surface area contributed by atoms with Gasteiger partial charge in [0.25, 0.3) is 0 Å². The van der Waals surface area contributed by atoms with E-state index in [2.05, 4.69) is 5.32 Å². The largest absolute Gasteiger partial charge is 0.497 e. The maximum atomic E-state index is 10.9. The zero-order valence-corrected chi connectivity index (χ0v) is 11.3. The number of carboxylic acid groups (broad SMARTS) is 1. The number of hydrogen-bond donors (Lipinski definition) is 2. The molecule has 0 atom stereocenters. The second-order valence-electron chi connectivity index (χ2n) is 5.17. The van der Waals surface area contributed by atoms with Gasteiger partial charge < -0.3 is 15.2 Å². The van der Waals surface area contributed by atoms with Crippen molar-refractivity contribution in [2.24, 2.45) is 11.8 Å². The zero-order chi connectivity index (χ0) is 13.7. The molecule has 1 aliphatic carbocycles. The van der Waals surface area contributed by atoms with Gasteiger partial charge in [0.15, 0.2) is 0 Å². The van der Waals surface area contributed by atoms with Crippen molar-refractivity contribution < 1.29 is 14.6 Å². The second kappa shape index (κ2) is 6.45. The summed E-state index contributed by atoms with van der Waals surface area (Å²) in [4.78, 5) is 10.9. The highest BCUT2D eigenvalue weighted by Crippen LogP contribution is 2.29. The molecule has 1 aromatic rings. The Balaban J connectivity index is 1.75. The van der Waals surface area contributed by atoms with Crippen LogP contribution in [0.3, 0.4) is 0 Å². The van der Waals surface area contributed by atoms with Crippen molar-refractivity contribution in [1.29, 1.82) is 0 Å². The van der Waals surface area contributed by atoms with Crippen LogP contribution in [0.15, 0.2) is 24.3 Å². The molecule has 0 aromatic heterocycles. The van der Waals surface area contributed by atoms with E-state index < -0.39 is 5.97 Å². The molecule has 0 radical (unpaired) electrons. The van der Waals surface area contributed by atoms with E-state index in [1.165, 1.54) is 0 Å². The molecule has 0 saturated heterocycles. The average Bonchev–Trinajstić information content (AvgIpc) is 2.46. The molecular formula is C15H21NO3. The van der Waals surface area contributed by atoms with Crippen LogP contribution in [0.4, 0.5) is 5.69 Å². The predicted molar refractivity (Wildman–Crippen MR) is 74.6 cm³/mol. The highest BCUT2D eigenvalue weighted by atomic mass is 16.5. The van der Waals surface area contributed by atoms with Crippen molar-refractivity contribution in [1.82, 2.24) is 0 Å². The Labute approximate surface area is 113 Å². The Hall–Kier alpha value is -1.71. The third kappa shape index (κ3) is 3.88. The van der Waals surface area contributed by atoms with Gasteiger partial charge in [0, 0.05) is 12.2 Å². The summed E-state index contributed by atoms with van der Waals surface area (Å²) >= 11 is 0. The molecule has 19 heavy (non-hydrogen) atoms. The Morgan fingerprint density at radius 1 is 1.26 bits per heavy atom. The molecule has 0 aliphatic heterocycles. The fourth-order valence-electron chi connectivity index (χ4n) is 2.58. The van der Waals surface area contributed by atoms with Gasteiger partial charge in [-0.05, 0) is 55.9 Å². The lowest BCUT2D eigenvalue weighted by molar-refractivity contribution is -0.143. The molecule has 0 unspecified atom stereocenters. The second-order valence-corrected chi connectivity index (χ2v) is 5.17. The van der Waals surface area contributed by atoms with Gasteiger partial charge in [-0.3, -0.25) is 4.79 Å². The Morgan fingerprint density at radius 3 is 2.42 bits per heavy atom. The van der Waals surface area contributed by atoms with Crippen LogP contribution in [-0.2, 0) is 4.79 Å². The zero-order valence-electron chi connectivity index (χ0n) is 11.3. The van der Waals surface area contributed by atoms with Crippen molar-refractivity contribution in [2.45, 2.75) is 25.7 Å². The summed E-state index contributed by atoms with van der Waals surface area (Å²) in [6, 6.07) is 7.87. The minimum Gasteiger partial charge on any atom is -0.497 e. The van der Waals surface area contributed by atoms with Crippen molar-refractivity contribution in [3.8, 4) is 5.75 Å². The van der Waals surface area contributed by atoms with Crippen LogP contribution in [0.5, 0.6) is 5.75 Å². The van der Waals surface area contributed by atoms with Crippen molar-refractivity contribution in [3.63, 3.8) is 0 Å². The third-order valence-electron chi connectivity index (χ3n) is 3.88. The normalized spacial score (nSPS) is 22.8. The molecule has 0 bridgehead atoms. The van der Waals surface area contributed by atoms with Crippen LogP contribution in [0.2, 0.25) is 0 Å². The number of ether oxygens (including phenoxy) is 1. The molecule has 0 amide bonds. The Kier molecular flexibility index (Phi) is 4.66. The van der Waals surface area contributed by atoms with Gasteiger partial charge in [0.05, 0.1) is 13.0 Å². The van der Waals surface area contributed by atoms with E-state index in [4.69, 9.17) is 9.84 Å². The van der Waals surface area contributed by atoms with Crippen LogP contribution in [0.25, 0.3) is 0 Å². The van der Waals surface area contributed by atoms with Gasteiger partial charge in [0.1, 0.15) is 5.75 Å². The van der Waals surface area contributed by atoms with E-state index in [9.17, 15) is 4.79 Å². The topological polar surface area (TPSA) is 58.6 Å². The monoisotopic (exact) mass is 263 g/mol. The number of anilines is 1. The van der Waals surface area contributed by atoms with Gasteiger partial charge >= 0.3 is 5.97 Å². The fourth-order valence-corrected chi connectivity index (χ4v) is 2.58. The van der Waals surface area contributed by atoms with E-state index in [0.717, 1.165) is 43.7 Å². The minimum absolute atomic E-state index is 0.128. The number of hydrogen-bond acceptors (Lipinski definition) is 3. The lowest BCUT2D eigenvalue weighted by Gasteiger charge is -2.26. The minimum atomic E-state index is -0.637. The summed E-state index contributed by atoms with van der Waals surface area (Å²) in [7, 11) is 1.66. The van der Waals surface area contributed by atoms with E-state index in [1.807, 2.05) is 24.3 Å². The first-order valence-corrected chi connectivity index (χ1v) is 6.79. The maximum absolute atomic E-state index is 10.9. The van der Waals surface area contributed by atoms with E-state index >= 15 is 0 Å². The van der Waals surface area contributed by atoms with Crippen LogP contribution in [-0.4, -0.2) is 24.7 Å². The van der Waals surface area contributed by atoms with Crippen LogP contribution >= 0.6 is 0 Å². The van der Waals surface area contributed by atoms with Crippen molar-refractivity contribution in [2.75, 3.05) is 19.0 Å². The standard InChI is InChI=1S/C15H21NO3/c1-19-14-8-6-13(7-9-14)16-10-11-2-4-12(5-3-11)15(17)18/h6-9,11-12,16H,2-5,10H2,1H3,(H,17,18)/t11-,12-. The summed E-state index contributed by atoms with van der Waals surface area (Å²) in [5.41, 5.74) is 1.08. The number of carbonyl (C=O) groups is 1. The number of aliphatic carboxylic acids is 1.